The Morgan fingerprint density at radius 3 is 2.83 bits per heavy atom. The van der Waals surface area contributed by atoms with E-state index < -0.39 is 24.9 Å². The van der Waals surface area contributed by atoms with E-state index in [-0.39, 0.29) is 12.0 Å². The maximum absolute atomic E-state index is 12.2. The molecule has 1 fully saturated rings. The highest BCUT2D eigenvalue weighted by molar-refractivity contribution is 5.76. The SMILES string of the molecule is CCC[C@H]1CN(Cc2ccco2)C[C@@H]1NC(=O)CCC(F)(F)F. The van der Waals surface area contributed by atoms with Crippen LogP contribution in [0.3, 0.4) is 0 Å². The number of hydrogen-bond acceptors (Lipinski definition) is 3. The number of hydrogen-bond donors (Lipinski definition) is 1. The van der Waals surface area contributed by atoms with Crippen molar-refractivity contribution in [2.24, 2.45) is 5.92 Å². The Morgan fingerprint density at radius 2 is 2.22 bits per heavy atom. The summed E-state index contributed by atoms with van der Waals surface area (Å²) in [6, 6.07) is 3.63. The number of nitrogens with zero attached hydrogens (tertiary/aromatic N) is 1. The number of furan rings is 1. The molecule has 0 unspecified atom stereocenters. The molecule has 1 aromatic rings. The Morgan fingerprint density at radius 1 is 1.43 bits per heavy atom. The summed E-state index contributed by atoms with van der Waals surface area (Å²) in [5.41, 5.74) is 0. The molecule has 0 aliphatic carbocycles. The average Bonchev–Trinajstić information content (AvgIpc) is 3.08. The Hall–Kier alpha value is -1.50. The summed E-state index contributed by atoms with van der Waals surface area (Å²) in [6.07, 6.45) is -2.32. The minimum atomic E-state index is -4.29. The zero-order valence-electron chi connectivity index (χ0n) is 13.2. The number of amides is 1. The van der Waals surface area contributed by atoms with Crippen molar-refractivity contribution >= 4 is 5.91 Å². The molecule has 2 heterocycles. The van der Waals surface area contributed by atoms with Crippen LogP contribution in [0.15, 0.2) is 22.8 Å². The third-order valence-corrected chi connectivity index (χ3v) is 4.12. The summed E-state index contributed by atoms with van der Waals surface area (Å²) < 4.78 is 41.9. The van der Waals surface area contributed by atoms with E-state index in [2.05, 4.69) is 17.1 Å². The zero-order chi connectivity index (χ0) is 16.9. The highest BCUT2D eigenvalue weighted by Gasteiger charge is 2.34. The quantitative estimate of drug-likeness (QED) is 0.833. The number of nitrogens with one attached hydrogen (secondary N) is 1. The van der Waals surface area contributed by atoms with Gasteiger partial charge in [0.15, 0.2) is 0 Å². The Balaban J connectivity index is 1.86. The second kappa shape index (κ2) is 7.86. The molecule has 1 aliphatic heterocycles. The van der Waals surface area contributed by atoms with E-state index in [0.717, 1.165) is 25.1 Å². The van der Waals surface area contributed by atoms with Crippen LogP contribution in [0.4, 0.5) is 13.2 Å². The van der Waals surface area contributed by atoms with Gasteiger partial charge >= 0.3 is 6.18 Å². The number of carbonyl (C=O) groups is 1. The number of likely N-dealkylation sites (tertiary alicyclic amines) is 1. The molecule has 0 saturated carbocycles. The molecule has 23 heavy (non-hydrogen) atoms. The largest absolute Gasteiger partial charge is 0.468 e. The van der Waals surface area contributed by atoms with E-state index in [1.165, 1.54) is 0 Å². The van der Waals surface area contributed by atoms with Gasteiger partial charge in [-0.25, -0.2) is 0 Å². The molecule has 2 rings (SSSR count). The van der Waals surface area contributed by atoms with Gasteiger partial charge in [-0.15, -0.1) is 0 Å². The third-order valence-electron chi connectivity index (χ3n) is 4.12. The van der Waals surface area contributed by atoms with Crippen LogP contribution in [0, 0.1) is 5.92 Å². The van der Waals surface area contributed by atoms with Crippen molar-refractivity contribution in [2.45, 2.75) is 51.4 Å². The van der Waals surface area contributed by atoms with E-state index in [4.69, 9.17) is 4.42 Å². The van der Waals surface area contributed by atoms with E-state index >= 15 is 0 Å². The van der Waals surface area contributed by atoms with Crippen LogP contribution >= 0.6 is 0 Å². The Labute approximate surface area is 134 Å². The van der Waals surface area contributed by atoms with Crippen molar-refractivity contribution in [2.75, 3.05) is 13.1 Å². The van der Waals surface area contributed by atoms with Gasteiger partial charge in [-0.1, -0.05) is 13.3 Å². The molecule has 1 saturated heterocycles. The van der Waals surface area contributed by atoms with E-state index in [1.807, 2.05) is 12.1 Å². The highest BCUT2D eigenvalue weighted by Crippen LogP contribution is 2.25. The molecule has 1 N–H and O–H groups in total. The number of halogens is 3. The molecule has 130 valence electrons. The van der Waals surface area contributed by atoms with E-state index in [1.54, 1.807) is 6.26 Å². The van der Waals surface area contributed by atoms with Crippen molar-refractivity contribution in [3.8, 4) is 0 Å². The summed E-state index contributed by atoms with van der Waals surface area (Å²) in [5.74, 6) is 0.599. The van der Waals surface area contributed by atoms with Crippen LogP contribution < -0.4 is 5.32 Å². The van der Waals surface area contributed by atoms with Crippen molar-refractivity contribution < 1.29 is 22.4 Å². The summed E-state index contributed by atoms with van der Waals surface area (Å²) >= 11 is 0. The molecule has 0 aromatic carbocycles. The predicted octanol–water partition coefficient (Wildman–Crippen LogP) is 3.34. The first kappa shape index (κ1) is 17.8. The number of rotatable bonds is 7. The van der Waals surface area contributed by atoms with Crippen LogP contribution in [-0.2, 0) is 11.3 Å². The van der Waals surface area contributed by atoms with Crippen LogP contribution in [0.5, 0.6) is 0 Å². The molecule has 1 aliphatic rings. The standard InChI is InChI=1S/C16H23F3N2O2/c1-2-4-12-9-21(10-13-5-3-8-23-13)11-14(12)20-15(22)6-7-16(17,18)19/h3,5,8,12,14H,2,4,6-7,9-11H2,1H3,(H,20,22)/t12-,14-/m0/s1. The third kappa shape index (κ3) is 5.89. The van der Waals surface area contributed by atoms with Gasteiger partial charge in [0.05, 0.1) is 19.2 Å². The monoisotopic (exact) mass is 332 g/mol. The molecule has 2 atom stereocenters. The first-order valence-electron chi connectivity index (χ1n) is 7.98. The fraction of sp³-hybridized carbons (Fsp3) is 0.688. The smallest absolute Gasteiger partial charge is 0.389 e. The molecule has 7 heteroatoms. The Kier molecular flexibility index (Phi) is 6.10. The Bertz CT molecular complexity index is 488. The molecule has 1 amide bonds. The van der Waals surface area contributed by atoms with Gasteiger partial charge in [-0.2, -0.15) is 13.2 Å². The average molecular weight is 332 g/mol. The minimum Gasteiger partial charge on any atom is -0.468 e. The lowest BCUT2D eigenvalue weighted by atomic mass is 9.98. The molecular weight excluding hydrogens is 309 g/mol. The van der Waals surface area contributed by atoms with E-state index in [9.17, 15) is 18.0 Å². The van der Waals surface area contributed by atoms with Gasteiger partial charge in [0.2, 0.25) is 5.91 Å². The summed E-state index contributed by atoms with van der Waals surface area (Å²) in [7, 11) is 0. The molecule has 4 nitrogen and oxygen atoms in total. The zero-order valence-corrected chi connectivity index (χ0v) is 13.2. The van der Waals surface area contributed by atoms with Gasteiger partial charge < -0.3 is 9.73 Å². The number of carbonyl (C=O) groups excluding carboxylic acids is 1. The van der Waals surface area contributed by atoms with Crippen molar-refractivity contribution in [1.82, 2.24) is 10.2 Å². The molecular formula is C16H23F3N2O2. The van der Waals surface area contributed by atoms with Gasteiger partial charge in [0, 0.05) is 25.6 Å². The van der Waals surface area contributed by atoms with Crippen molar-refractivity contribution in [3.05, 3.63) is 24.2 Å². The molecule has 0 spiro atoms. The normalized spacial score (nSPS) is 22.4. The second-order valence-electron chi connectivity index (χ2n) is 6.11. The summed E-state index contributed by atoms with van der Waals surface area (Å²) in [5, 5.41) is 2.78. The summed E-state index contributed by atoms with van der Waals surface area (Å²) in [6.45, 7) is 4.18. The second-order valence-corrected chi connectivity index (χ2v) is 6.11. The van der Waals surface area contributed by atoms with Gasteiger partial charge in [0.25, 0.3) is 0 Å². The maximum atomic E-state index is 12.2. The predicted molar refractivity (Wildman–Crippen MR) is 79.6 cm³/mol. The van der Waals surface area contributed by atoms with Crippen molar-refractivity contribution in [1.29, 1.82) is 0 Å². The minimum absolute atomic E-state index is 0.0920. The highest BCUT2D eigenvalue weighted by atomic mass is 19.4. The fourth-order valence-electron chi connectivity index (χ4n) is 3.07. The lowest BCUT2D eigenvalue weighted by Gasteiger charge is -2.19. The topological polar surface area (TPSA) is 45.5 Å². The lowest BCUT2D eigenvalue weighted by molar-refractivity contribution is -0.144. The molecule has 1 aromatic heterocycles. The van der Waals surface area contributed by atoms with Crippen LogP contribution in [0.1, 0.15) is 38.4 Å². The fourth-order valence-corrected chi connectivity index (χ4v) is 3.07. The summed E-state index contributed by atoms with van der Waals surface area (Å²) in [4.78, 5) is 13.9. The lowest BCUT2D eigenvalue weighted by Crippen LogP contribution is -2.40. The molecule has 0 radical (unpaired) electrons. The van der Waals surface area contributed by atoms with E-state index in [0.29, 0.717) is 13.1 Å². The first-order valence-corrected chi connectivity index (χ1v) is 7.98. The number of alkyl halides is 3. The van der Waals surface area contributed by atoms with Crippen molar-refractivity contribution in [3.63, 3.8) is 0 Å². The first-order chi connectivity index (χ1) is 10.9. The van der Waals surface area contributed by atoms with Gasteiger partial charge in [-0.05, 0) is 24.5 Å². The van der Waals surface area contributed by atoms with Crippen LogP contribution in [0.25, 0.3) is 0 Å². The maximum Gasteiger partial charge on any atom is 0.389 e. The van der Waals surface area contributed by atoms with Gasteiger partial charge in [0.1, 0.15) is 5.76 Å². The molecule has 0 bridgehead atoms. The van der Waals surface area contributed by atoms with Crippen LogP contribution in [0.2, 0.25) is 0 Å². The van der Waals surface area contributed by atoms with Crippen LogP contribution in [-0.4, -0.2) is 36.1 Å². The van der Waals surface area contributed by atoms with Gasteiger partial charge in [-0.3, -0.25) is 9.69 Å².